The van der Waals surface area contributed by atoms with Crippen molar-refractivity contribution >= 4 is 44.9 Å². The fourth-order valence-electron chi connectivity index (χ4n) is 4.00. The molecule has 1 aromatic heterocycles. The number of aryl methyl sites for hydroxylation is 1. The molecule has 2 heterocycles. The fraction of sp³-hybridized carbons (Fsp3) is 0.167. The zero-order valence-electron chi connectivity index (χ0n) is 16.1. The van der Waals surface area contributed by atoms with Crippen LogP contribution in [-0.2, 0) is 4.79 Å². The zero-order valence-corrected chi connectivity index (χ0v) is 16.1. The Bertz CT molecular complexity index is 1250. The molecule has 0 aliphatic carbocycles. The third-order valence-corrected chi connectivity index (χ3v) is 5.54. The minimum absolute atomic E-state index is 0.145. The molecule has 3 aromatic carbocycles. The third kappa shape index (κ3) is 2.95. The average molecular weight is 384 g/mol. The highest BCUT2D eigenvalue weighted by Gasteiger charge is 2.22. The van der Waals surface area contributed by atoms with Gasteiger partial charge in [-0.2, -0.15) is 0 Å². The van der Waals surface area contributed by atoms with Crippen molar-refractivity contribution in [1.29, 1.82) is 0 Å². The molecule has 5 heteroatoms. The highest BCUT2D eigenvalue weighted by atomic mass is 16.3. The summed E-state index contributed by atoms with van der Waals surface area (Å²) in [5.74, 6) is 0.176. The monoisotopic (exact) mass is 384 g/mol. The number of hydrogen-bond acceptors (Lipinski definition) is 3. The van der Waals surface area contributed by atoms with Crippen molar-refractivity contribution < 1.29 is 14.0 Å². The predicted octanol–water partition coefficient (Wildman–Crippen LogP) is 5.27. The highest BCUT2D eigenvalue weighted by Crippen LogP contribution is 2.32. The SMILES string of the molecule is Cc1c(C(=O)Nc2ccc(N3CCCC3=O)cc2)oc2c1ccc1ccccc12. The largest absolute Gasteiger partial charge is 0.450 e. The molecule has 0 atom stereocenters. The lowest BCUT2D eigenvalue weighted by atomic mass is 10.1. The molecule has 29 heavy (non-hydrogen) atoms. The first-order valence-electron chi connectivity index (χ1n) is 9.74. The van der Waals surface area contributed by atoms with Crippen molar-refractivity contribution in [2.75, 3.05) is 16.8 Å². The number of hydrogen-bond donors (Lipinski definition) is 1. The van der Waals surface area contributed by atoms with Gasteiger partial charge in [-0.1, -0.05) is 36.4 Å². The highest BCUT2D eigenvalue weighted by molar-refractivity contribution is 6.11. The molecule has 1 aliphatic heterocycles. The van der Waals surface area contributed by atoms with Gasteiger partial charge < -0.3 is 14.6 Å². The molecule has 1 fully saturated rings. The number of nitrogens with one attached hydrogen (secondary N) is 1. The van der Waals surface area contributed by atoms with Crippen LogP contribution in [-0.4, -0.2) is 18.4 Å². The molecule has 0 unspecified atom stereocenters. The Morgan fingerprint density at radius 1 is 1.00 bits per heavy atom. The van der Waals surface area contributed by atoms with Gasteiger partial charge in [0.1, 0.15) is 5.58 Å². The standard InChI is InChI=1S/C24H20N2O3/c1-15-19-13-8-16-5-2-3-6-20(16)23(19)29-22(15)24(28)25-17-9-11-18(12-10-17)26-14-4-7-21(26)27/h2-3,5-6,8-13H,4,7,14H2,1H3,(H,25,28). The molecule has 4 aromatic rings. The number of carbonyl (C=O) groups excluding carboxylic acids is 2. The molecule has 1 N–H and O–H groups in total. The number of nitrogens with zero attached hydrogens (tertiary/aromatic N) is 1. The molecule has 2 amide bonds. The van der Waals surface area contributed by atoms with Crippen molar-refractivity contribution in [2.24, 2.45) is 0 Å². The maximum Gasteiger partial charge on any atom is 0.291 e. The number of carbonyl (C=O) groups is 2. The van der Waals surface area contributed by atoms with Crippen molar-refractivity contribution in [3.8, 4) is 0 Å². The van der Waals surface area contributed by atoms with Crippen LogP contribution in [0.5, 0.6) is 0 Å². The van der Waals surface area contributed by atoms with Gasteiger partial charge >= 0.3 is 0 Å². The molecular weight excluding hydrogens is 364 g/mol. The van der Waals surface area contributed by atoms with Gasteiger partial charge in [-0.3, -0.25) is 9.59 Å². The van der Waals surface area contributed by atoms with Crippen molar-refractivity contribution in [3.63, 3.8) is 0 Å². The number of anilines is 2. The van der Waals surface area contributed by atoms with Crippen molar-refractivity contribution in [2.45, 2.75) is 19.8 Å². The van der Waals surface area contributed by atoms with E-state index in [1.54, 1.807) is 4.90 Å². The van der Waals surface area contributed by atoms with Crippen LogP contribution >= 0.6 is 0 Å². The first-order chi connectivity index (χ1) is 14.1. The van der Waals surface area contributed by atoms with E-state index < -0.39 is 0 Å². The van der Waals surface area contributed by atoms with Gasteiger partial charge in [-0.05, 0) is 43.0 Å². The summed E-state index contributed by atoms with van der Waals surface area (Å²) in [7, 11) is 0. The molecule has 1 aliphatic rings. The van der Waals surface area contributed by atoms with E-state index in [2.05, 4.69) is 5.32 Å². The Balaban J connectivity index is 1.43. The second-order valence-corrected chi connectivity index (χ2v) is 7.37. The first-order valence-corrected chi connectivity index (χ1v) is 9.74. The minimum atomic E-state index is -0.284. The molecular formula is C24H20N2O3. The summed E-state index contributed by atoms with van der Waals surface area (Å²) in [6, 6.07) is 19.4. The van der Waals surface area contributed by atoms with Crippen LogP contribution in [0.3, 0.4) is 0 Å². The lowest BCUT2D eigenvalue weighted by molar-refractivity contribution is -0.117. The lowest BCUT2D eigenvalue weighted by Gasteiger charge is -2.16. The second-order valence-electron chi connectivity index (χ2n) is 7.37. The van der Waals surface area contributed by atoms with Crippen LogP contribution in [0.2, 0.25) is 0 Å². The summed E-state index contributed by atoms with van der Waals surface area (Å²) < 4.78 is 6.00. The summed E-state index contributed by atoms with van der Waals surface area (Å²) >= 11 is 0. The topological polar surface area (TPSA) is 62.6 Å². The van der Waals surface area contributed by atoms with Crippen LogP contribution in [0, 0.1) is 6.92 Å². The zero-order chi connectivity index (χ0) is 20.0. The number of amides is 2. The van der Waals surface area contributed by atoms with Crippen molar-refractivity contribution in [1.82, 2.24) is 0 Å². The molecule has 0 radical (unpaired) electrons. The summed E-state index contributed by atoms with van der Waals surface area (Å²) in [5, 5.41) is 5.91. The third-order valence-electron chi connectivity index (χ3n) is 5.54. The number of fused-ring (bicyclic) bond motifs is 3. The van der Waals surface area contributed by atoms with E-state index >= 15 is 0 Å². The van der Waals surface area contributed by atoms with E-state index in [1.165, 1.54) is 0 Å². The van der Waals surface area contributed by atoms with Crippen LogP contribution in [0.4, 0.5) is 11.4 Å². The molecule has 0 saturated carbocycles. The molecule has 5 nitrogen and oxygen atoms in total. The van der Waals surface area contributed by atoms with Gasteiger partial charge in [0.15, 0.2) is 5.76 Å². The van der Waals surface area contributed by atoms with Crippen LogP contribution in [0.1, 0.15) is 29.0 Å². The van der Waals surface area contributed by atoms with Crippen molar-refractivity contribution in [3.05, 3.63) is 72.0 Å². The fourth-order valence-corrected chi connectivity index (χ4v) is 4.00. The summed E-state index contributed by atoms with van der Waals surface area (Å²) in [4.78, 5) is 26.5. The Labute approximate surface area is 167 Å². The number of benzene rings is 3. The van der Waals surface area contributed by atoms with Gasteiger partial charge in [-0.25, -0.2) is 0 Å². The van der Waals surface area contributed by atoms with Crippen LogP contribution in [0.25, 0.3) is 21.7 Å². The van der Waals surface area contributed by atoms with E-state index in [0.29, 0.717) is 17.9 Å². The van der Waals surface area contributed by atoms with E-state index in [9.17, 15) is 9.59 Å². The van der Waals surface area contributed by atoms with Crippen LogP contribution in [0.15, 0.2) is 65.1 Å². The van der Waals surface area contributed by atoms with Gasteiger partial charge in [-0.15, -0.1) is 0 Å². The Morgan fingerprint density at radius 2 is 1.79 bits per heavy atom. The van der Waals surface area contributed by atoms with E-state index in [0.717, 1.165) is 46.0 Å². The first kappa shape index (κ1) is 17.5. The normalized spacial score (nSPS) is 14.1. The second kappa shape index (κ2) is 6.78. The van der Waals surface area contributed by atoms with E-state index in [4.69, 9.17) is 4.42 Å². The summed E-state index contributed by atoms with van der Waals surface area (Å²) in [5.41, 5.74) is 3.07. The molecule has 0 spiro atoms. The lowest BCUT2D eigenvalue weighted by Crippen LogP contribution is -2.23. The number of furan rings is 1. The maximum absolute atomic E-state index is 12.9. The summed E-state index contributed by atoms with van der Waals surface area (Å²) in [6.07, 6.45) is 1.48. The van der Waals surface area contributed by atoms with Crippen LogP contribution < -0.4 is 10.2 Å². The summed E-state index contributed by atoms with van der Waals surface area (Å²) in [6.45, 7) is 2.65. The molecule has 0 bridgehead atoms. The van der Waals surface area contributed by atoms with Gasteiger partial charge in [0.25, 0.3) is 5.91 Å². The smallest absolute Gasteiger partial charge is 0.291 e. The van der Waals surface area contributed by atoms with Gasteiger partial charge in [0.05, 0.1) is 0 Å². The van der Waals surface area contributed by atoms with E-state index in [1.807, 2.05) is 67.6 Å². The van der Waals surface area contributed by atoms with E-state index in [-0.39, 0.29) is 11.8 Å². The number of rotatable bonds is 3. The Morgan fingerprint density at radius 3 is 2.55 bits per heavy atom. The molecule has 144 valence electrons. The molecule has 1 saturated heterocycles. The Hall–Kier alpha value is -3.60. The van der Waals surface area contributed by atoms with Gasteiger partial charge in [0.2, 0.25) is 5.91 Å². The Kier molecular flexibility index (Phi) is 4.09. The minimum Gasteiger partial charge on any atom is -0.450 e. The average Bonchev–Trinajstić information content (AvgIpc) is 3.32. The maximum atomic E-state index is 12.9. The molecule has 5 rings (SSSR count). The van der Waals surface area contributed by atoms with Gasteiger partial charge in [0, 0.05) is 40.7 Å². The quantitative estimate of drug-likeness (QED) is 0.523. The predicted molar refractivity (Wildman–Crippen MR) is 114 cm³/mol.